The lowest BCUT2D eigenvalue weighted by molar-refractivity contribution is 0.00690. The van der Waals surface area contributed by atoms with Crippen molar-refractivity contribution in [1.29, 1.82) is 5.26 Å². The van der Waals surface area contributed by atoms with E-state index >= 15 is 0 Å². The van der Waals surface area contributed by atoms with E-state index in [-0.39, 0.29) is 5.69 Å². The molecule has 1 heterocycles. The van der Waals surface area contributed by atoms with Gasteiger partial charge in [0.1, 0.15) is 17.4 Å². The average Bonchev–Trinajstić information content (AvgIpc) is 2.38. The predicted molar refractivity (Wildman–Crippen MR) is 75.6 cm³/mol. The average molecular weight is 260 g/mol. The van der Waals surface area contributed by atoms with Crippen LogP contribution < -0.4 is 0 Å². The highest BCUT2D eigenvalue weighted by molar-refractivity contribution is 5.90. The molecule has 0 N–H and O–H groups in total. The number of rotatable bonds is 2. The van der Waals surface area contributed by atoms with E-state index in [1.807, 2.05) is 19.9 Å². The van der Waals surface area contributed by atoms with Crippen LogP contribution in [0.15, 0.2) is 18.8 Å². The molecule has 0 aliphatic rings. The van der Waals surface area contributed by atoms with Gasteiger partial charge < -0.3 is 4.74 Å². The zero-order chi connectivity index (χ0) is 15.1. The molecule has 0 bridgehead atoms. The van der Waals surface area contributed by atoms with Crippen molar-refractivity contribution in [2.24, 2.45) is 0 Å². The highest BCUT2D eigenvalue weighted by atomic mass is 16.6. The summed E-state index contributed by atoms with van der Waals surface area (Å²) in [7, 11) is 0. The van der Waals surface area contributed by atoms with Crippen molar-refractivity contribution in [1.82, 2.24) is 4.98 Å². The first-order valence-corrected chi connectivity index (χ1v) is 6.13. The molecule has 0 aliphatic heterocycles. The third kappa shape index (κ3) is 5.35. The monoisotopic (exact) mass is 260 g/mol. The number of carbonyl (C=O) groups is 1. The molecule has 19 heavy (non-hydrogen) atoms. The second-order valence-corrected chi connectivity index (χ2v) is 4.48. The second kappa shape index (κ2) is 7.32. The Morgan fingerprint density at radius 2 is 2.05 bits per heavy atom. The van der Waals surface area contributed by atoms with Gasteiger partial charge in [-0.1, -0.05) is 26.5 Å². The van der Waals surface area contributed by atoms with Gasteiger partial charge in [-0.05, 0) is 26.8 Å². The van der Waals surface area contributed by atoms with Crippen molar-refractivity contribution >= 4 is 12.0 Å². The zero-order valence-electron chi connectivity index (χ0n) is 12.2. The minimum absolute atomic E-state index is 0.243. The van der Waals surface area contributed by atoms with Gasteiger partial charge in [-0.25, -0.2) is 9.78 Å². The van der Waals surface area contributed by atoms with Crippen LogP contribution in [0.4, 0.5) is 0 Å². The Balaban J connectivity index is 0.00000154. The standard InChI is InChI=1S/C13H14N2O2.C2H6/c1-5-9-6-10(8-15-11(9)7-14)12(16)17-13(2,3)4;1-2/h5-6,8H,1H2,2-4H3;1-2H3. The van der Waals surface area contributed by atoms with Crippen LogP contribution in [-0.4, -0.2) is 16.6 Å². The summed E-state index contributed by atoms with van der Waals surface area (Å²) in [6.07, 6.45) is 2.82. The molecule has 0 unspecified atom stereocenters. The van der Waals surface area contributed by atoms with E-state index in [9.17, 15) is 4.79 Å². The van der Waals surface area contributed by atoms with E-state index in [0.717, 1.165) is 0 Å². The molecule has 1 rings (SSSR count). The molecular formula is C15H20N2O2. The number of nitrogens with zero attached hydrogens (tertiary/aromatic N) is 2. The summed E-state index contributed by atoms with van der Waals surface area (Å²) in [4.78, 5) is 15.6. The summed E-state index contributed by atoms with van der Waals surface area (Å²) in [6.45, 7) is 12.9. The van der Waals surface area contributed by atoms with Gasteiger partial charge in [-0.2, -0.15) is 5.26 Å². The van der Waals surface area contributed by atoms with Crippen LogP contribution in [0, 0.1) is 11.3 Å². The maximum Gasteiger partial charge on any atom is 0.340 e. The fourth-order valence-corrected chi connectivity index (χ4v) is 1.18. The fourth-order valence-electron chi connectivity index (χ4n) is 1.18. The van der Waals surface area contributed by atoms with E-state index in [4.69, 9.17) is 10.00 Å². The summed E-state index contributed by atoms with van der Waals surface area (Å²) in [5.41, 5.74) is 0.524. The van der Waals surface area contributed by atoms with Crippen LogP contribution in [0.2, 0.25) is 0 Å². The molecule has 0 radical (unpaired) electrons. The summed E-state index contributed by atoms with van der Waals surface area (Å²) in [5, 5.41) is 8.79. The highest BCUT2D eigenvalue weighted by Crippen LogP contribution is 2.14. The van der Waals surface area contributed by atoms with Crippen LogP contribution in [0.25, 0.3) is 6.08 Å². The van der Waals surface area contributed by atoms with Gasteiger partial charge in [0.05, 0.1) is 5.56 Å². The summed E-state index contributed by atoms with van der Waals surface area (Å²) < 4.78 is 5.20. The van der Waals surface area contributed by atoms with E-state index in [1.165, 1.54) is 12.3 Å². The van der Waals surface area contributed by atoms with Crippen molar-refractivity contribution < 1.29 is 9.53 Å². The first-order chi connectivity index (χ1) is 8.87. The van der Waals surface area contributed by atoms with Crippen molar-refractivity contribution in [2.75, 3.05) is 0 Å². The van der Waals surface area contributed by atoms with Gasteiger partial charge in [0.2, 0.25) is 0 Å². The lowest BCUT2D eigenvalue weighted by Crippen LogP contribution is -2.24. The molecular weight excluding hydrogens is 240 g/mol. The molecule has 0 spiro atoms. The normalized spacial score (nSPS) is 9.68. The SMILES string of the molecule is C=Cc1cc(C(=O)OC(C)(C)C)cnc1C#N.CC. The predicted octanol–water partition coefficient (Wildman–Crippen LogP) is 3.58. The Morgan fingerprint density at radius 3 is 2.47 bits per heavy atom. The van der Waals surface area contributed by atoms with Crippen LogP contribution >= 0.6 is 0 Å². The van der Waals surface area contributed by atoms with Gasteiger partial charge in [0, 0.05) is 11.8 Å². The van der Waals surface area contributed by atoms with E-state index in [0.29, 0.717) is 11.1 Å². The molecule has 1 aromatic heterocycles. The Hall–Kier alpha value is -2.15. The van der Waals surface area contributed by atoms with Gasteiger partial charge in [-0.3, -0.25) is 0 Å². The van der Waals surface area contributed by atoms with Gasteiger partial charge >= 0.3 is 5.97 Å². The molecule has 0 aliphatic carbocycles. The van der Waals surface area contributed by atoms with Crippen LogP contribution in [-0.2, 0) is 4.74 Å². The van der Waals surface area contributed by atoms with Crippen molar-refractivity contribution in [3.05, 3.63) is 35.7 Å². The van der Waals surface area contributed by atoms with Crippen LogP contribution in [0.5, 0.6) is 0 Å². The highest BCUT2D eigenvalue weighted by Gasteiger charge is 2.18. The van der Waals surface area contributed by atoms with E-state index in [1.54, 1.807) is 26.8 Å². The Labute approximate surface area is 114 Å². The first kappa shape index (κ1) is 16.9. The first-order valence-electron chi connectivity index (χ1n) is 6.13. The largest absolute Gasteiger partial charge is 0.456 e. The van der Waals surface area contributed by atoms with E-state index < -0.39 is 11.6 Å². The minimum atomic E-state index is -0.556. The Bertz CT molecular complexity index is 494. The Morgan fingerprint density at radius 1 is 1.47 bits per heavy atom. The van der Waals surface area contributed by atoms with Crippen LogP contribution in [0.1, 0.15) is 56.2 Å². The summed E-state index contributed by atoms with van der Waals surface area (Å²) in [6, 6.07) is 3.47. The van der Waals surface area contributed by atoms with Crippen molar-refractivity contribution in [3.8, 4) is 6.07 Å². The van der Waals surface area contributed by atoms with Crippen LogP contribution in [0.3, 0.4) is 0 Å². The number of hydrogen-bond donors (Lipinski definition) is 0. The number of pyridine rings is 1. The van der Waals surface area contributed by atoms with Gasteiger partial charge in [-0.15, -0.1) is 0 Å². The third-order valence-corrected chi connectivity index (χ3v) is 1.88. The van der Waals surface area contributed by atoms with Gasteiger partial charge in [0.25, 0.3) is 0 Å². The van der Waals surface area contributed by atoms with Crippen molar-refractivity contribution in [3.63, 3.8) is 0 Å². The molecule has 4 heteroatoms. The van der Waals surface area contributed by atoms with Crippen molar-refractivity contribution in [2.45, 2.75) is 40.2 Å². The number of carbonyl (C=O) groups excluding carboxylic acids is 1. The van der Waals surface area contributed by atoms with E-state index in [2.05, 4.69) is 11.6 Å². The molecule has 102 valence electrons. The van der Waals surface area contributed by atoms with Gasteiger partial charge in [0.15, 0.2) is 0 Å². The third-order valence-electron chi connectivity index (χ3n) is 1.88. The molecule has 0 amide bonds. The zero-order valence-corrected chi connectivity index (χ0v) is 12.2. The number of hydrogen-bond acceptors (Lipinski definition) is 4. The topological polar surface area (TPSA) is 63.0 Å². The smallest absolute Gasteiger partial charge is 0.340 e. The molecule has 4 nitrogen and oxygen atoms in total. The number of aromatic nitrogens is 1. The quantitative estimate of drug-likeness (QED) is 0.762. The Kier molecular flexibility index (Phi) is 6.49. The molecule has 0 atom stereocenters. The summed E-state index contributed by atoms with van der Waals surface area (Å²) >= 11 is 0. The summed E-state index contributed by atoms with van der Waals surface area (Å²) in [5.74, 6) is -0.461. The fraction of sp³-hybridized carbons (Fsp3) is 0.400. The maximum atomic E-state index is 11.7. The molecule has 0 aromatic carbocycles. The number of nitriles is 1. The lowest BCUT2D eigenvalue weighted by Gasteiger charge is -2.19. The number of esters is 1. The lowest BCUT2D eigenvalue weighted by atomic mass is 10.1. The number of ether oxygens (including phenoxy) is 1. The molecule has 0 fully saturated rings. The molecule has 0 saturated heterocycles. The molecule has 0 saturated carbocycles. The second-order valence-electron chi connectivity index (χ2n) is 4.48. The maximum absolute atomic E-state index is 11.7. The minimum Gasteiger partial charge on any atom is -0.456 e. The molecule has 1 aromatic rings.